The summed E-state index contributed by atoms with van der Waals surface area (Å²) >= 11 is 0. The Kier molecular flexibility index (Phi) is 9.29. The summed E-state index contributed by atoms with van der Waals surface area (Å²) in [7, 11) is 2.83. The number of hydrogen-bond donors (Lipinski definition) is 0. The zero-order valence-corrected chi connectivity index (χ0v) is 20.4. The van der Waals surface area contributed by atoms with Gasteiger partial charge < -0.3 is 14.2 Å². The highest BCUT2D eigenvalue weighted by molar-refractivity contribution is 5.89. The van der Waals surface area contributed by atoms with Crippen LogP contribution in [0.25, 0.3) is 0 Å². The molecule has 2 amide bonds. The quantitative estimate of drug-likeness (QED) is 0.407. The topological polar surface area (TPSA) is 107 Å². The zero-order chi connectivity index (χ0) is 25.3. The van der Waals surface area contributed by atoms with Crippen molar-refractivity contribution >= 4 is 18.0 Å². The Hall–Kier alpha value is -3.75. The number of azo groups is 1. The summed E-state index contributed by atoms with van der Waals surface area (Å²) in [6.45, 7) is 7.39. The van der Waals surface area contributed by atoms with E-state index >= 15 is 0 Å². The van der Waals surface area contributed by atoms with E-state index in [0.29, 0.717) is 17.9 Å². The maximum Gasteiger partial charge on any atom is 0.410 e. The minimum Gasteiger partial charge on any atom is -0.489 e. The number of carbonyl (C=O) groups is 3. The Balaban J connectivity index is 1.83. The Morgan fingerprint density at radius 1 is 0.971 bits per heavy atom. The molecule has 34 heavy (non-hydrogen) atoms. The van der Waals surface area contributed by atoms with Gasteiger partial charge in [-0.25, -0.2) is 9.59 Å². The van der Waals surface area contributed by atoms with Crippen LogP contribution < -0.4 is 4.74 Å². The molecule has 0 saturated carbocycles. The van der Waals surface area contributed by atoms with E-state index in [4.69, 9.17) is 9.47 Å². The summed E-state index contributed by atoms with van der Waals surface area (Å²) in [4.78, 5) is 37.0. The summed E-state index contributed by atoms with van der Waals surface area (Å²) in [5.41, 5.74) is 1.59. The van der Waals surface area contributed by atoms with Crippen molar-refractivity contribution in [1.82, 2.24) is 4.90 Å². The highest BCUT2D eigenvalue weighted by Gasteiger charge is 2.26. The molecule has 2 aromatic carbocycles. The predicted molar refractivity (Wildman–Crippen MR) is 126 cm³/mol. The Morgan fingerprint density at radius 2 is 1.56 bits per heavy atom. The van der Waals surface area contributed by atoms with Crippen LogP contribution in [0.1, 0.15) is 49.2 Å². The molecule has 0 spiro atoms. The lowest BCUT2D eigenvalue weighted by atomic mass is 10.1. The van der Waals surface area contributed by atoms with Crippen molar-refractivity contribution in [3.05, 3.63) is 65.2 Å². The largest absolute Gasteiger partial charge is 0.489 e. The average Bonchev–Trinajstić information content (AvgIpc) is 2.81. The normalized spacial score (nSPS) is 12.2. The number of rotatable bonds is 8. The van der Waals surface area contributed by atoms with Gasteiger partial charge in [0.05, 0.1) is 19.2 Å². The second kappa shape index (κ2) is 11.9. The van der Waals surface area contributed by atoms with Gasteiger partial charge in [-0.1, -0.05) is 24.3 Å². The molecule has 0 heterocycles. The second-order valence-electron chi connectivity index (χ2n) is 8.63. The van der Waals surface area contributed by atoms with Crippen molar-refractivity contribution in [3.8, 4) is 5.75 Å². The number of nitrogens with zero attached hydrogens (tertiary/aromatic N) is 3. The van der Waals surface area contributed by atoms with Crippen molar-refractivity contribution in [1.29, 1.82) is 0 Å². The fraction of sp³-hybridized carbons (Fsp3) is 0.400. The van der Waals surface area contributed by atoms with Crippen LogP contribution in [0.4, 0.5) is 4.79 Å². The third kappa shape index (κ3) is 8.31. The third-order valence-electron chi connectivity index (χ3n) is 4.75. The fourth-order valence-corrected chi connectivity index (χ4v) is 2.64. The summed E-state index contributed by atoms with van der Waals surface area (Å²) in [5, 5.41) is 7.67. The number of likely N-dealkylation sites (N-methyl/N-ethyl adjacent to an activating group) is 1. The van der Waals surface area contributed by atoms with Gasteiger partial charge in [0.1, 0.15) is 24.0 Å². The van der Waals surface area contributed by atoms with Crippen molar-refractivity contribution in [2.75, 3.05) is 14.2 Å². The highest BCUT2D eigenvalue weighted by atomic mass is 16.6. The molecule has 0 unspecified atom stereocenters. The standard InChI is InChI=1S/C25H31N3O6/c1-17(28(5)24(31)34-25(2,3)4)22(29)27-26-15-18-9-13-21(14-10-18)33-16-19-7-11-20(12-8-19)23(30)32-6/h7-14,17H,15-16H2,1-6H3/b27-26+/t17-/m0/s1. The smallest absolute Gasteiger partial charge is 0.410 e. The first kappa shape index (κ1) is 26.5. The van der Waals surface area contributed by atoms with Crippen LogP contribution in [-0.2, 0) is 27.4 Å². The zero-order valence-electron chi connectivity index (χ0n) is 20.4. The van der Waals surface area contributed by atoms with Gasteiger partial charge in [0.15, 0.2) is 0 Å². The van der Waals surface area contributed by atoms with Crippen LogP contribution in [-0.4, -0.2) is 48.7 Å². The Morgan fingerprint density at radius 3 is 2.12 bits per heavy atom. The van der Waals surface area contributed by atoms with Gasteiger partial charge in [-0.3, -0.25) is 9.69 Å². The van der Waals surface area contributed by atoms with E-state index in [1.165, 1.54) is 19.1 Å². The van der Waals surface area contributed by atoms with Crippen molar-refractivity contribution in [3.63, 3.8) is 0 Å². The van der Waals surface area contributed by atoms with Crippen LogP contribution in [0.3, 0.4) is 0 Å². The second-order valence-corrected chi connectivity index (χ2v) is 8.63. The van der Waals surface area contributed by atoms with E-state index in [2.05, 4.69) is 15.0 Å². The molecule has 1 atom stereocenters. The molecule has 0 bridgehead atoms. The number of methoxy groups -OCH3 is 1. The molecule has 0 aliphatic rings. The summed E-state index contributed by atoms with van der Waals surface area (Å²) in [6.07, 6.45) is -0.599. The lowest BCUT2D eigenvalue weighted by Crippen LogP contribution is -2.42. The van der Waals surface area contributed by atoms with E-state index in [-0.39, 0.29) is 12.5 Å². The molecule has 0 aliphatic heterocycles. The van der Waals surface area contributed by atoms with Crippen molar-refractivity contribution in [2.45, 2.75) is 52.5 Å². The Bertz CT molecular complexity index is 1010. The minimum absolute atomic E-state index is 0.212. The minimum atomic E-state index is -0.795. The lowest BCUT2D eigenvalue weighted by molar-refractivity contribution is -0.122. The first-order chi connectivity index (χ1) is 16.0. The van der Waals surface area contributed by atoms with Crippen LogP contribution in [0, 0.1) is 0 Å². The number of carbonyl (C=O) groups excluding carboxylic acids is 3. The van der Waals surface area contributed by atoms with Crippen LogP contribution >= 0.6 is 0 Å². The lowest BCUT2D eigenvalue weighted by Gasteiger charge is -2.26. The molecule has 9 heteroatoms. The number of hydrogen-bond acceptors (Lipinski definition) is 7. The fourth-order valence-electron chi connectivity index (χ4n) is 2.64. The summed E-state index contributed by atoms with van der Waals surface area (Å²) in [5.74, 6) is -0.251. The van der Waals surface area contributed by atoms with E-state index < -0.39 is 23.6 Å². The molecule has 0 radical (unpaired) electrons. The van der Waals surface area contributed by atoms with E-state index in [1.807, 2.05) is 12.1 Å². The molecule has 2 rings (SSSR count). The maximum atomic E-state index is 12.2. The predicted octanol–water partition coefficient (Wildman–Crippen LogP) is 4.79. The molecule has 0 aromatic heterocycles. The van der Waals surface area contributed by atoms with Gasteiger partial charge in [0.25, 0.3) is 5.91 Å². The number of amides is 2. The van der Waals surface area contributed by atoms with Gasteiger partial charge in [-0.15, -0.1) is 5.11 Å². The van der Waals surface area contributed by atoms with Crippen LogP contribution in [0.2, 0.25) is 0 Å². The molecule has 0 saturated heterocycles. The van der Waals surface area contributed by atoms with E-state index in [9.17, 15) is 14.4 Å². The van der Waals surface area contributed by atoms with Gasteiger partial charge in [0.2, 0.25) is 0 Å². The molecule has 182 valence electrons. The van der Waals surface area contributed by atoms with Gasteiger partial charge in [-0.05, 0) is 63.1 Å². The van der Waals surface area contributed by atoms with E-state index in [0.717, 1.165) is 11.1 Å². The first-order valence-corrected chi connectivity index (χ1v) is 10.8. The summed E-state index contributed by atoms with van der Waals surface area (Å²) in [6, 6.07) is 13.4. The number of esters is 1. The Labute approximate surface area is 199 Å². The number of benzene rings is 2. The number of ether oxygens (including phenoxy) is 3. The van der Waals surface area contributed by atoms with Crippen LogP contribution in [0.5, 0.6) is 5.75 Å². The molecule has 0 N–H and O–H groups in total. The molecule has 9 nitrogen and oxygen atoms in total. The van der Waals surface area contributed by atoms with Crippen molar-refractivity contribution in [2.24, 2.45) is 10.2 Å². The van der Waals surface area contributed by atoms with Crippen molar-refractivity contribution < 1.29 is 28.6 Å². The van der Waals surface area contributed by atoms with Crippen LogP contribution in [0.15, 0.2) is 58.8 Å². The summed E-state index contributed by atoms with van der Waals surface area (Å²) < 4.78 is 15.7. The molecular weight excluding hydrogens is 438 g/mol. The molecule has 0 aliphatic carbocycles. The molecular formula is C25H31N3O6. The van der Waals surface area contributed by atoms with E-state index in [1.54, 1.807) is 64.1 Å². The molecule has 2 aromatic rings. The molecule has 0 fully saturated rings. The monoisotopic (exact) mass is 469 g/mol. The maximum absolute atomic E-state index is 12.2. The SMILES string of the molecule is COC(=O)c1ccc(COc2ccc(C/N=N/C(=O)[C@H](C)N(C)C(=O)OC(C)(C)C)cc2)cc1. The first-order valence-electron chi connectivity index (χ1n) is 10.8. The average molecular weight is 470 g/mol. The van der Waals surface area contributed by atoms with Gasteiger partial charge in [-0.2, -0.15) is 5.11 Å². The highest BCUT2D eigenvalue weighted by Crippen LogP contribution is 2.16. The van der Waals surface area contributed by atoms with Gasteiger partial charge in [0, 0.05) is 7.05 Å². The third-order valence-corrected chi connectivity index (χ3v) is 4.75. The van der Waals surface area contributed by atoms with Gasteiger partial charge >= 0.3 is 12.1 Å².